The van der Waals surface area contributed by atoms with E-state index in [0.717, 1.165) is 59.8 Å². The van der Waals surface area contributed by atoms with E-state index >= 15 is 0 Å². The van der Waals surface area contributed by atoms with Crippen molar-refractivity contribution in [1.82, 2.24) is 0 Å². The van der Waals surface area contributed by atoms with Crippen LogP contribution in [0.25, 0.3) is 0 Å². The van der Waals surface area contributed by atoms with Crippen molar-refractivity contribution < 1.29 is 11.3 Å². The second-order valence-corrected chi connectivity index (χ2v) is 12.3. The van der Waals surface area contributed by atoms with Crippen LogP contribution in [0.4, 0.5) is 11.4 Å². The van der Waals surface area contributed by atoms with E-state index in [0.29, 0.717) is 0 Å². The minimum absolute atomic E-state index is 0.875. The molecule has 2 rings (SSSR count). The van der Waals surface area contributed by atoms with E-state index < -0.39 is 0 Å². The number of hydrogen-bond donors (Lipinski definition) is 0. The third kappa shape index (κ3) is 7.79. The van der Waals surface area contributed by atoms with Crippen LogP contribution in [0.1, 0.15) is 63.8 Å². The molecule has 0 aliphatic heterocycles. The molecule has 0 aliphatic carbocycles. The van der Waals surface area contributed by atoms with Gasteiger partial charge >= 0.3 is 39.6 Å². The summed E-state index contributed by atoms with van der Waals surface area (Å²) >= 11 is 7.00. The first-order chi connectivity index (χ1) is 14.0. The van der Waals surface area contributed by atoms with Crippen molar-refractivity contribution in [2.45, 2.75) is 67.2 Å². The summed E-state index contributed by atoms with van der Waals surface area (Å²) in [4.78, 5) is 9.99. The second kappa shape index (κ2) is 14.3. The zero-order valence-electron chi connectivity index (χ0n) is 18.3. The molecule has 0 amide bonds. The summed E-state index contributed by atoms with van der Waals surface area (Å²) in [5.74, 6) is 0. The Kier molecular flexibility index (Phi) is 13.0. The van der Waals surface area contributed by atoms with Crippen molar-refractivity contribution in [1.29, 1.82) is 0 Å². The molecule has 0 saturated carbocycles. The Hall–Kier alpha value is -0.741. The van der Waals surface area contributed by atoms with Crippen LogP contribution in [0.3, 0.4) is 0 Å². The molecule has 0 N–H and O–H groups in total. The average Bonchev–Trinajstić information content (AvgIpc) is 2.74. The first-order valence-corrected chi connectivity index (χ1v) is 15.6. The van der Waals surface area contributed by atoms with E-state index in [1.165, 1.54) is 22.3 Å². The summed E-state index contributed by atoms with van der Waals surface area (Å²) in [7, 11) is 0. The Morgan fingerprint density at radius 2 is 0.897 bits per heavy atom. The summed E-state index contributed by atoms with van der Waals surface area (Å²) in [6, 6.07) is 13.0. The van der Waals surface area contributed by atoms with Crippen molar-refractivity contribution in [2.75, 3.05) is 0 Å². The maximum absolute atomic E-state index is 4.99. The van der Waals surface area contributed by atoms with Gasteiger partial charge in [-0.25, -0.2) is 0 Å². The van der Waals surface area contributed by atoms with E-state index in [4.69, 9.17) is 9.98 Å². The van der Waals surface area contributed by atoms with Gasteiger partial charge in [0.05, 0.1) is 22.8 Å². The molecule has 0 aliphatic rings. The van der Waals surface area contributed by atoms with Crippen molar-refractivity contribution in [3.8, 4) is 0 Å². The monoisotopic (exact) mass is 562 g/mol. The van der Waals surface area contributed by atoms with Crippen molar-refractivity contribution in [3.63, 3.8) is 0 Å². The molecule has 5 heteroatoms. The Morgan fingerprint density at radius 3 is 1.10 bits per heavy atom. The summed E-state index contributed by atoms with van der Waals surface area (Å²) < 4.78 is 0. The minimum atomic E-state index is 0.875. The van der Waals surface area contributed by atoms with Crippen LogP contribution in [-0.4, -0.2) is 11.4 Å². The molecule has 0 heterocycles. The molecule has 0 spiro atoms. The standard InChI is InChI=1S/C24H32N2.2BrH.Fe/c1-7-19-13-11-14-20(8-2)23(19)25-17(5)18(6)26-24-21(9-3)15-12-16-22(24)10-4;;;/h11-16H,7-10H2,1-6H3;2*1H;/q;;;+2/p-2. The van der Waals surface area contributed by atoms with Crippen LogP contribution in [0.15, 0.2) is 46.4 Å². The Bertz CT molecular complexity index is 731. The van der Waals surface area contributed by atoms with Gasteiger partial charge in [0.25, 0.3) is 0 Å². The number of aryl methyl sites for hydroxylation is 4. The van der Waals surface area contributed by atoms with Crippen LogP contribution in [0.5, 0.6) is 0 Å². The molecular weight excluding hydrogens is 532 g/mol. The number of nitrogens with zero attached hydrogens (tertiary/aromatic N) is 2. The van der Waals surface area contributed by atoms with E-state index in [1.54, 1.807) is 0 Å². The predicted molar refractivity (Wildman–Crippen MR) is 134 cm³/mol. The molecular formula is C24H32Br2FeN2. The SMILES string of the molecule is CCc1cccc(CC)c1N=C(C)C(C)=Nc1c(CC)cccc1CC.[Br][Fe][Br]. The molecule has 2 aromatic carbocycles. The van der Waals surface area contributed by atoms with Gasteiger partial charge in [0.2, 0.25) is 0 Å². The molecule has 0 unspecified atom stereocenters. The number of hydrogen-bond acceptors (Lipinski definition) is 2. The second-order valence-electron chi connectivity index (χ2n) is 6.71. The zero-order valence-corrected chi connectivity index (χ0v) is 22.6. The number of para-hydroxylation sites is 2. The molecule has 29 heavy (non-hydrogen) atoms. The average molecular weight is 564 g/mol. The van der Waals surface area contributed by atoms with Gasteiger partial charge in [-0.3, -0.25) is 9.98 Å². The van der Waals surface area contributed by atoms with Gasteiger partial charge in [-0.05, 0) is 61.8 Å². The molecule has 2 nitrogen and oxygen atoms in total. The summed E-state index contributed by atoms with van der Waals surface area (Å²) in [6.07, 6.45) is 3.98. The molecule has 0 aromatic heterocycles. The van der Waals surface area contributed by atoms with Crippen molar-refractivity contribution in [3.05, 3.63) is 58.7 Å². The van der Waals surface area contributed by atoms with Crippen LogP contribution < -0.4 is 0 Å². The van der Waals surface area contributed by atoms with Gasteiger partial charge in [-0.1, -0.05) is 64.1 Å². The van der Waals surface area contributed by atoms with Crippen molar-refractivity contribution in [2.24, 2.45) is 9.98 Å². The van der Waals surface area contributed by atoms with Crippen LogP contribution in [-0.2, 0) is 37.0 Å². The van der Waals surface area contributed by atoms with Crippen LogP contribution >= 0.6 is 28.2 Å². The van der Waals surface area contributed by atoms with Crippen LogP contribution in [0.2, 0.25) is 0 Å². The van der Waals surface area contributed by atoms with E-state index in [2.05, 4.69) is 106 Å². The fourth-order valence-corrected chi connectivity index (χ4v) is 3.21. The quantitative estimate of drug-likeness (QED) is 0.238. The van der Waals surface area contributed by atoms with Gasteiger partial charge in [0, 0.05) is 0 Å². The number of benzene rings is 2. The molecule has 0 bridgehead atoms. The van der Waals surface area contributed by atoms with Gasteiger partial charge in [0.1, 0.15) is 0 Å². The fourth-order valence-electron chi connectivity index (χ4n) is 3.21. The third-order valence-electron chi connectivity index (χ3n) is 5.01. The Morgan fingerprint density at radius 1 is 0.655 bits per heavy atom. The molecule has 160 valence electrons. The Labute approximate surface area is 197 Å². The van der Waals surface area contributed by atoms with Crippen LogP contribution in [0, 0.1) is 0 Å². The predicted octanol–water partition coefficient (Wildman–Crippen LogP) is 8.51. The summed E-state index contributed by atoms with van der Waals surface area (Å²) in [6.45, 7) is 12.9. The van der Waals surface area contributed by atoms with E-state index in [-0.39, 0.29) is 0 Å². The van der Waals surface area contributed by atoms with E-state index in [1.807, 2.05) is 0 Å². The van der Waals surface area contributed by atoms with Gasteiger partial charge in [-0.2, -0.15) is 0 Å². The molecule has 0 saturated heterocycles. The van der Waals surface area contributed by atoms with E-state index in [9.17, 15) is 0 Å². The topological polar surface area (TPSA) is 24.7 Å². The third-order valence-corrected chi connectivity index (χ3v) is 5.01. The Balaban J connectivity index is 0.00000132. The zero-order chi connectivity index (χ0) is 21.8. The molecule has 0 atom stereocenters. The normalized spacial score (nSPS) is 12.0. The number of halogens is 2. The molecule has 0 radical (unpaired) electrons. The number of rotatable bonds is 7. The summed E-state index contributed by atoms with van der Waals surface area (Å²) in [5.41, 5.74) is 9.47. The van der Waals surface area contributed by atoms with Gasteiger partial charge in [-0.15, -0.1) is 0 Å². The fraction of sp³-hybridized carbons (Fsp3) is 0.417. The first kappa shape index (κ1) is 26.3. The maximum atomic E-state index is 4.99. The van der Waals surface area contributed by atoms with Gasteiger partial charge < -0.3 is 0 Å². The summed E-state index contributed by atoms with van der Waals surface area (Å²) in [5, 5.41) is 0. The van der Waals surface area contributed by atoms with Crippen molar-refractivity contribution >= 4 is 51.0 Å². The molecule has 0 fully saturated rings. The molecule has 2 aromatic rings. The first-order valence-electron chi connectivity index (χ1n) is 10.1. The van der Waals surface area contributed by atoms with Gasteiger partial charge in [0.15, 0.2) is 0 Å². The number of aliphatic imine (C=N–C) groups is 2.